The van der Waals surface area contributed by atoms with E-state index in [1.54, 1.807) is 0 Å². The Morgan fingerprint density at radius 1 is 1.00 bits per heavy atom. The molecule has 3 aliphatic carbocycles. The van der Waals surface area contributed by atoms with Gasteiger partial charge in [0.15, 0.2) is 0 Å². The van der Waals surface area contributed by atoms with Crippen molar-refractivity contribution >= 4 is 11.9 Å². The van der Waals surface area contributed by atoms with E-state index < -0.39 is 0 Å². The molecular formula is C24H41N3O2. The Balaban J connectivity index is 1.51. The third-order valence-electron chi connectivity index (χ3n) is 9.35. The zero-order valence-electron chi connectivity index (χ0n) is 19.3. The Kier molecular flexibility index (Phi) is 4.98. The van der Waals surface area contributed by atoms with E-state index in [1.807, 2.05) is 27.8 Å². The average Bonchev–Trinajstić information content (AvgIpc) is 2.93. The van der Waals surface area contributed by atoms with Crippen molar-refractivity contribution in [3.63, 3.8) is 0 Å². The highest BCUT2D eigenvalue weighted by molar-refractivity contribution is 5.77. The van der Waals surface area contributed by atoms with E-state index in [0.29, 0.717) is 24.3 Å². The number of urea groups is 1. The number of nitrogens with zero attached hydrogens (tertiary/aromatic N) is 1. The molecule has 1 unspecified atom stereocenters. The molecular weight excluding hydrogens is 362 g/mol. The first-order chi connectivity index (χ1) is 13.5. The number of fused-ring (bicyclic) bond motifs is 5. The van der Waals surface area contributed by atoms with E-state index in [0.717, 1.165) is 31.1 Å². The molecule has 4 aliphatic rings. The Hall–Kier alpha value is -1.26. The average molecular weight is 404 g/mol. The van der Waals surface area contributed by atoms with Gasteiger partial charge in [0.25, 0.3) is 0 Å². The van der Waals surface area contributed by atoms with Gasteiger partial charge in [-0.3, -0.25) is 4.79 Å². The zero-order valence-corrected chi connectivity index (χ0v) is 19.3. The van der Waals surface area contributed by atoms with Gasteiger partial charge < -0.3 is 15.5 Å². The highest BCUT2D eigenvalue weighted by Crippen LogP contribution is 2.64. The first kappa shape index (κ1) is 21.0. The molecule has 164 valence electrons. The first-order valence-electron chi connectivity index (χ1n) is 11.8. The van der Waals surface area contributed by atoms with Crippen LogP contribution in [0, 0.1) is 28.6 Å². The fourth-order valence-electron chi connectivity index (χ4n) is 7.92. The third-order valence-corrected chi connectivity index (χ3v) is 9.35. The third kappa shape index (κ3) is 3.37. The van der Waals surface area contributed by atoms with Gasteiger partial charge in [0.1, 0.15) is 0 Å². The van der Waals surface area contributed by atoms with Gasteiger partial charge in [-0.1, -0.05) is 13.8 Å². The normalized spacial score (nSPS) is 44.6. The Morgan fingerprint density at radius 2 is 1.69 bits per heavy atom. The molecule has 1 heterocycles. The van der Waals surface area contributed by atoms with Crippen LogP contribution in [-0.4, -0.2) is 41.5 Å². The van der Waals surface area contributed by atoms with Crippen LogP contribution in [-0.2, 0) is 4.79 Å². The van der Waals surface area contributed by atoms with E-state index in [-0.39, 0.29) is 28.4 Å². The lowest BCUT2D eigenvalue weighted by Gasteiger charge is -2.61. The van der Waals surface area contributed by atoms with Crippen molar-refractivity contribution in [1.82, 2.24) is 15.5 Å². The Bertz CT molecular complexity index is 686. The second-order valence-corrected chi connectivity index (χ2v) is 12.0. The van der Waals surface area contributed by atoms with Gasteiger partial charge in [0.2, 0.25) is 5.91 Å². The number of rotatable bonds is 1. The van der Waals surface area contributed by atoms with Crippen LogP contribution in [0.1, 0.15) is 86.0 Å². The maximum Gasteiger partial charge on any atom is 0.315 e. The summed E-state index contributed by atoms with van der Waals surface area (Å²) in [6, 6.07) is 0.675. The molecule has 5 nitrogen and oxygen atoms in total. The van der Waals surface area contributed by atoms with Gasteiger partial charge in [-0.2, -0.15) is 0 Å². The molecule has 1 aliphatic heterocycles. The lowest BCUT2D eigenvalue weighted by Crippen LogP contribution is -2.62. The van der Waals surface area contributed by atoms with Crippen molar-refractivity contribution in [2.45, 2.75) is 104 Å². The van der Waals surface area contributed by atoms with Crippen molar-refractivity contribution in [2.24, 2.45) is 28.6 Å². The molecule has 0 radical (unpaired) electrons. The lowest BCUT2D eigenvalue weighted by molar-refractivity contribution is -0.157. The molecule has 0 aromatic carbocycles. The fraction of sp³-hybridized carbons (Fsp3) is 0.917. The zero-order chi connectivity index (χ0) is 21.2. The minimum atomic E-state index is -0.210. The van der Waals surface area contributed by atoms with Gasteiger partial charge in [-0.05, 0) is 94.3 Å². The molecule has 7 atom stereocenters. The molecule has 1 saturated heterocycles. The molecule has 0 spiro atoms. The molecule has 2 N–H and O–H groups in total. The minimum Gasteiger partial charge on any atom is -0.342 e. The molecule has 29 heavy (non-hydrogen) atoms. The van der Waals surface area contributed by atoms with Crippen LogP contribution in [0.3, 0.4) is 0 Å². The van der Waals surface area contributed by atoms with Crippen molar-refractivity contribution in [3.05, 3.63) is 0 Å². The molecule has 4 fully saturated rings. The van der Waals surface area contributed by atoms with Crippen molar-refractivity contribution in [2.75, 3.05) is 7.05 Å². The van der Waals surface area contributed by atoms with Gasteiger partial charge in [-0.25, -0.2) is 4.79 Å². The van der Waals surface area contributed by atoms with Crippen molar-refractivity contribution in [1.29, 1.82) is 0 Å². The van der Waals surface area contributed by atoms with Crippen molar-refractivity contribution < 1.29 is 9.59 Å². The highest BCUT2D eigenvalue weighted by atomic mass is 16.2. The Labute approximate surface area is 176 Å². The van der Waals surface area contributed by atoms with Crippen molar-refractivity contribution in [3.8, 4) is 0 Å². The summed E-state index contributed by atoms with van der Waals surface area (Å²) in [4.78, 5) is 26.9. The summed E-state index contributed by atoms with van der Waals surface area (Å²) in [5, 5.41) is 6.43. The van der Waals surface area contributed by atoms with Gasteiger partial charge in [0, 0.05) is 31.1 Å². The molecule has 3 amide bonds. The summed E-state index contributed by atoms with van der Waals surface area (Å²) in [6.45, 7) is 11.0. The number of amides is 3. The number of likely N-dealkylation sites (tertiary alicyclic amines) is 1. The van der Waals surface area contributed by atoms with E-state index >= 15 is 0 Å². The second kappa shape index (κ2) is 6.88. The smallest absolute Gasteiger partial charge is 0.315 e. The van der Waals surface area contributed by atoms with Crippen LogP contribution in [0.2, 0.25) is 0 Å². The summed E-state index contributed by atoms with van der Waals surface area (Å²) in [5.41, 5.74) is 0.260. The largest absolute Gasteiger partial charge is 0.342 e. The second-order valence-electron chi connectivity index (χ2n) is 12.0. The van der Waals surface area contributed by atoms with Crippen LogP contribution < -0.4 is 10.6 Å². The van der Waals surface area contributed by atoms with Crippen LogP contribution in [0.15, 0.2) is 0 Å². The van der Waals surface area contributed by atoms with E-state index in [2.05, 4.69) is 29.4 Å². The standard InChI is InChI=1S/C24H41N3O2/c1-22(2,3)26-21(29)25-18-9-8-16-15-7-10-19-24(5,14-12-20(28)27(19)6)17(15)11-13-23(16,18)4/h15-19H,7-14H2,1-6H3,(H2,25,26,29)/t15-,16-,17-,18?,19+,23-,24+/m0/s1. The summed E-state index contributed by atoms with van der Waals surface area (Å²) < 4.78 is 0. The molecule has 5 heteroatoms. The van der Waals surface area contributed by atoms with E-state index in [9.17, 15) is 9.59 Å². The molecule has 0 aromatic rings. The maximum absolute atomic E-state index is 12.6. The summed E-state index contributed by atoms with van der Waals surface area (Å²) in [5.74, 6) is 2.49. The summed E-state index contributed by atoms with van der Waals surface area (Å²) in [7, 11) is 2.03. The van der Waals surface area contributed by atoms with Gasteiger partial charge in [0.05, 0.1) is 0 Å². The highest BCUT2D eigenvalue weighted by Gasteiger charge is 2.61. The number of nitrogens with one attached hydrogen (secondary N) is 2. The molecule has 0 aromatic heterocycles. The topological polar surface area (TPSA) is 61.4 Å². The minimum absolute atomic E-state index is 0.0189. The number of carbonyl (C=O) groups is 2. The van der Waals surface area contributed by atoms with E-state index in [1.165, 1.54) is 25.7 Å². The van der Waals surface area contributed by atoms with Crippen LogP contribution in [0.5, 0.6) is 0 Å². The van der Waals surface area contributed by atoms with Gasteiger partial charge >= 0.3 is 6.03 Å². The molecule has 0 bridgehead atoms. The fourth-order valence-corrected chi connectivity index (χ4v) is 7.92. The van der Waals surface area contributed by atoms with Crippen LogP contribution >= 0.6 is 0 Å². The van der Waals surface area contributed by atoms with Crippen LogP contribution in [0.4, 0.5) is 4.79 Å². The van der Waals surface area contributed by atoms with Gasteiger partial charge in [-0.15, -0.1) is 0 Å². The number of carbonyl (C=O) groups excluding carboxylic acids is 2. The monoisotopic (exact) mass is 403 g/mol. The number of piperidine rings is 1. The summed E-state index contributed by atoms with van der Waals surface area (Å²) >= 11 is 0. The number of hydrogen-bond donors (Lipinski definition) is 2. The number of hydrogen-bond acceptors (Lipinski definition) is 2. The molecule has 4 rings (SSSR count). The predicted molar refractivity (Wildman–Crippen MR) is 115 cm³/mol. The summed E-state index contributed by atoms with van der Waals surface area (Å²) in [6.07, 6.45) is 8.92. The molecule has 3 saturated carbocycles. The SMILES string of the molecule is CN1C(=O)CC[C@]2(C)[C@H]3CC[C@]4(C)C(NC(=O)NC(C)(C)C)CC[C@H]4[C@@H]3CC[C@@H]12. The lowest BCUT2D eigenvalue weighted by atomic mass is 9.47. The predicted octanol–water partition coefficient (Wildman–Crippen LogP) is 4.32. The van der Waals surface area contributed by atoms with Crippen LogP contribution in [0.25, 0.3) is 0 Å². The first-order valence-corrected chi connectivity index (χ1v) is 11.8. The quantitative estimate of drug-likeness (QED) is 0.685. The van der Waals surface area contributed by atoms with E-state index in [4.69, 9.17) is 0 Å². The maximum atomic E-state index is 12.6. The Morgan fingerprint density at radius 3 is 2.38 bits per heavy atom.